The van der Waals surface area contributed by atoms with Crippen molar-refractivity contribution in [2.45, 2.75) is 19.8 Å². The van der Waals surface area contributed by atoms with Crippen LogP contribution in [0.25, 0.3) is 0 Å². The standard InChI is InChI=1S/C10H22N2O3/c1-2-4-12-10(14)3-5-11-6-8-15-9-7-13/h11,13H,2-9H2,1H3,(H,12,14). The third kappa shape index (κ3) is 11.3. The van der Waals surface area contributed by atoms with E-state index in [1.165, 1.54) is 0 Å². The SMILES string of the molecule is CCCNC(=O)CCNCCOCCO. The minimum Gasteiger partial charge on any atom is -0.394 e. The lowest BCUT2D eigenvalue weighted by atomic mass is 10.3. The summed E-state index contributed by atoms with van der Waals surface area (Å²) < 4.78 is 5.04. The average molecular weight is 218 g/mol. The van der Waals surface area contributed by atoms with E-state index in [0.717, 1.165) is 13.0 Å². The average Bonchev–Trinajstić information content (AvgIpc) is 2.25. The lowest BCUT2D eigenvalue weighted by molar-refractivity contribution is -0.120. The van der Waals surface area contributed by atoms with Crippen LogP contribution >= 0.6 is 0 Å². The Labute approximate surface area is 91.2 Å². The highest BCUT2D eigenvalue weighted by Crippen LogP contribution is 1.79. The summed E-state index contributed by atoms with van der Waals surface area (Å²) in [5, 5.41) is 14.3. The minimum atomic E-state index is 0.0550. The van der Waals surface area contributed by atoms with Crippen molar-refractivity contribution in [1.29, 1.82) is 0 Å². The molecule has 0 radical (unpaired) electrons. The molecule has 0 aromatic rings. The third-order valence-corrected chi connectivity index (χ3v) is 1.76. The quantitative estimate of drug-likeness (QED) is 0.432. The van der Waals surface area contributed by atoms with Crippen LogP contribution in [0.2, 0.25) is 0 Å². The predicted octanol–water partition coefficient (Wildman–Crippen LogP) is -0.499. The molecule has 0 saturated carbocycles. The predicted molar refractivity (Wildman–Crippen MR) is 58.7 cm³/mol. The largest absolute Gasteiger partial charge is 0.394 e. The summed E-state index contributed by atoms with van der Waals surface area (Å²) >= 11 is 0. The summed E-state index contributed by atoms with van der Waals surface area (Å²) in [5.74, 6) is 0.0839. The van der Waals surface area contributed by atoms with Crippen LogP contribution in [0.5, 0.6) is 0 Å². The van der Waals surface area contributed by atoms with E-state index >= 15 is 0 Å². The number of hydrogen-bond donors (Lipinski definition) is 3. The summed E-state index contributed by atoms with van der Waals surface area (Å²) in [5.41, 5.74) is 0. The molecule has 0 heterocycles. The lowest BCUT2D eigenvalue weighted by Crippen LogP contribution is -2.29. The molecule has 0 aromatic heterocycles. The van der Waals surface area contributed by atoms with Crippen LogP contribution in [0.1, 0.15) is 19.8 Å². The Hall–Kier alpha value is -0.650. The van der Waals surface area contributed by atoms with E-state index in [4.69, 9.17) is 9.84 Å². The highest BCUT2D eigenvalue weighted by molar-refractivity contribution is 5.75. The van der Waals surface area contributed by atoms with Crippen LogP contribution in [0, 0.1) is 0 Å². The second kappa shape index (κ2) is 11.4. The van der Waals surface area contributed by atoms with E-state index in [2.05, 4.69) is 10.6 Å². The zero-order chi connectivity index (χ0) is 11.4. The summed E-state index contributed by atoms with van der Waals surface area (Å²) in [6.45, 7) is 5.14. The number of aliphatic hydroxyl groups is 1. The zero-order valence-electron chi connectivity index (χ0n) is 9.42. The van der Waals surface area contributed by atoms with Crippen molar-refractivity contribution < 1.29 is 14.6 Å². The molecule has 5 heteroatoms. The summed E-state index contributed by atoms with van der Waals surface area (Å²) in [4.78, 5) is 11.1. The molecule has 5 nitrogen and oxygen atoms in total. The molecular weight excluding hydrogens is 196 g/mol. The zero-order valence-corrected chi connectivity index (χ0v) is 9.42. The molecule has 0 unspecified atom stereocenters. The molecule has 1 amide bonds. The maximum atomic E-state index is 11.1. The van der Waals surface area contributed by atoms with E-state index in [1.807, 2.05) is 6.92 Å². The monoisotopic (exact) mass is 218 g/mol. The van der Waals surface area contributed by atoms with Crippen LogP contribution in [0.3, 0.4) is 0 Å². The van der Waals surface area contributed by atoms with Crippen molar-refractivity contribution >= 4 is 5.91 Å². The van der Waals surface area contributed by atoms with Crippen LogP contribution in [-0.2, 0) is 9.53 Å². The van der Waals surface area contributed by atoms with Gasteiger partial charge in [-0.1, -0.05) is 6.92 Å². The summed E-state index contributed by atoms with van der Waals surface area (Å²) in [6, 6.07) is 0. The van der Waals surface area contributed by atoms with Gasteiger partial charge in [0.15, 0.2) is 0 Å². The van der Waals surface area contributed by atoms with Gasteiger partial charge >= 0.3 is 0 Å². The number of carbonyl (C=O) groups is 1. The third-order valence-electron chi connectivity index (χ3n) is 1.76. The van der Waals surface area contributed by atoms with Crippen molar-refractivity contribution in [3.8, 4) is 0 Å². The van der Waals surface area contributed by atoms with Crippen LogP contribution in [0.15, 0.2) is 0 Å². The first-order valence-corrected chi connectivity index (χ1v) is 5.47. The van der Waals surface area contributed by atoms with Gasteiger partial charge in [-0.05, 0) is 6.42 Å². The van der Waals surface area contributed by atoms with Gasteiger partial charge in [-0.15, -0.1) is 0 Å². The van der Waals surface area contributed by atoms with E-state index < -0.39 is 0 Å². The second-order valence-corrected chi connectivity index (χ2v) is 3.19. The molecule has 15 heavy (non-hydrogen) atoms. The second-order valence-electron chi connectivity index (χ2n) is 3.19. The molecule has 0 aliphatic carbocycles. The minimum absolute atomic E-state index is 0.0550. The number of nitrogens with one attached hydrogen (secondary N) is 2. The van der Waals surface area contributed by atoms with E-state index in [0.29, 0.717) is 32.7 Å². The maximum absolute atomic E-state index is 11.1. The van der Waals surface area contributed by atoms with E-state index in [-0.39, 0.29) is 12.5 Å². The highest BCUT2D eigenvalue weighted by Gasteiger charge is 1.98. The Balaban J connectivity index is 3.06. The van der Waals surface area contributed by atoms with Gasteiger partial charge in [-0.3, -0.25) is 4.79 Å². The smallest absolute Gasteiger partial charge is 0.221 e. The van der Waals surface area contributed by atoms with Crippen molar-refractivity contribution in [3.63, 3.8) is 0 Å². The molecule has 0 bridgehead atoms. The molecule has 0 fully saturated rings. The van der Waals surface area contributed by atoms with Crippen LogP contribution in [-0.4, -0.2) is 50.5 Å². The first-order valence-electron chi connectivity index (χ1n) is 5.47. The molecule has 0 spiro atoms. The van der Waals surface area contributed by atoms with Gasteiger partial charge in [-0.2, -0.15) is 0 Å². The number of ether oxygens (including phenoxy) is 1. The molecule has 0 aliphatic heterocycles. The maximum Gasteiger partial charge on any atom is 0.221 e. The Kier molecular flexibility index (Phi) is 10.9. The molecule has 0 rings (SSSR count). The molecular formula is C10H22N2O3. The fourth-order valence-corrected chi connectivity index (χ4v) is 0.991. The molecule has 0 saturated heterocycles. The number of rotatable bonds is 10. The van der Waals surface area contributed by atoms with Gasteiger partial charge in [0.05, 0.1) is 19.8 Å². The Morgan fingerprint density at radius 2 is 2.07 bits per heavy atom. The Bertz CT molecular complexity index is 154. The molecule has 3 N–H and O–H groups in total. The van der Waals surface area contributed by atoms with Gasteiger partial charge in [0.1, 0.15) is 0 Å². The van der Waals surface area contributed by atoms with Crippen LogP contribution in [0.4, 0.5) is 0 Å². The van der Waals surface area contributed by atoms with Crippen LogP contribution < -0.4 is 10.6 Å². The molecule has 0 aliphatic rings. The molecule has 90 valence electrons. The van der Waals surface area contributed by atoms with Gasteiger partial charge in [0.2, 0.25) is 5.91 Å². The molecule has 0 atom stereocenters. The van der Waals surface area contributed by atoms with Crippen molar-refractivity contribution in [2.24, 2.45) is 0 Å². The summed E-state index contributed by atoms with van der Waals surface area (Å²) in [6.07, 6.45) is 1.47. The van der Waals surface area contributed by atoms with Crippen molar-refractivity contribution in [3.05, 3.63) is 0 Å². The highest BCUT2D eigenvalue weighted by atomic mass is 16.5. The first kappa shape index (κ1) is 14.3. The lowest BCUT2D eigenvalue weighted by Gasteiger charge is -2.05. The van der Waals surface area contributed by atoms with Gasteiger partial charge < -0.3 is 20.5 Å². The first-order chi connectivity index (χ1) is 7.31. The van der Waals surface area contributed by atoms with Gasteiger partial charge in [0, 0.05) is 26.1 Å². The fourth-order valence-electron chi connectivity index (χ4n) is 0.991. The van der Waals surface area contributed by atoms with Crippen molar-refractivity contribution in [2.75, 3.05) is 39.5 Å². The number of aliphatic hydroxyl groups excluding tert-OH is 1. The Morgan fingerprint density at radius 3 is 2.73 bits per heavy atom. The van der Waals surface area contributed by atoms with Gasteiger partial charge in [0.25, 0.3) is 0 Å². The molecule has 0 aromatic carbocycles. The number of amides is 1. The van der Waals surface area contributed by atoms with E-state index in [1.54, 1.807) is 0 Å². The fraction of sp³-hybridized carbons (Fsp3) is 0.900. The van der Waals surface area contributed by atoms with Crippen molar-refractivity contribution in [1.82, 2.24) is 10.6 Å². The number of carbonyl (C=O) groups excluding carboxylic acids is 1. The van der Waals surface area contributed by atoms with Gasteiger partial charge in [-0.25, -0.2) is 0 Å². The normalized spacial score (nSPS) is 10.3. The number of hydrogen-bond acceptors (Lipinski definition) is 4. The Morgan fingerprint density at radius 1 is 1.27 bits per heavy atom. The summed E-state index contributed by atoms with van der Waals surface area (Å²) in [7, 11) is 0. The topological polar surface area (TPSA) is 70.6 Å². The van der Waals surface area contributed by atoms with E-state index in [9.17, 15) is 4.79 Å².